The minimum atomic E-state index is 0.199. The minimum absolute atomic E-state index is 0.199. The molecule has 0 atom stereocenters. The maximum atomic E-state index is 9.04. The first kappa shape index (κ1) is 11.0. The zero-order valence-electron chi connectivity index (χ0n) is 9.61. The van der Waals surface area contributed by atoms with Crippen LogP contribution in [0.4, 0.5) is 0 Å². The SMILES string of the molecule is C=CCc1ccc2c(c1)c(CCO)cn2C. The van der Waals surface area contributed by atoms with Crippen molar-refractivity contribution >= 4 is 10.9 Å². The molecule has 16 heavy (non-hydrogen) atoms. The lowest BCUT2D eigenvalue weighted by atomic mass is 10.1. The van der Waals surface area contributed by atoms with Crippen LogP contribution in [0.25, 0.3) is 10.9 Å². The van der Waals surface area contributed by atoms with E-state index in [1.165, 1.54) is 22.0 Å². The molecule has 2 heteroatoms. The highest BCUT2D eigenvalue weighted by Crippen LogP contribution is 2.22. The van der Waals surface area contributed by atoms with Crippen LogP contribution in [-0.4, -0.2) is 16.3 Å². The predicted molar refractivity (Wildman–Crippen MR) is 67.6 cm³/mol. The molecule has 2 rings (SSSR count). The summed E-state index contributed by atoms with van der Waals surface area (Å²) < 4.78 is 2.11. The molecule has 0 aliphatic rings. The molecule has 0 aliphatic heterocycles. The van der Waals surface area contributed by atoms with Crippen LogP contribution in [0, 0.1) is 0 Å². The number of hydrogen-bond donors (Lipinski definition) is 1. The summed E-state index contributed by atoms with van der Waals surface area (Å²) in [4.78, 5) is 0. The van der Waals surface area contributed by atoms with E-state index in [1.54, 1.807) is 0 Å². The van der Waals surface area contributed by atoms with Gasteiger partial charge in [-0.25, -0.2) is 0 Å². The summed E-state index contributed by atoms with van der Waals surface area (Å²) in [6.07, 6.45) is 5.62. The average molecular weight is 215 g/mol. The van der Waals surface area contributed by atoms with E-state index in [0.717, 1.165) is 12.8 Å². The Bertz CT molecular complexity index is 511. The van der Waals surface area contributed by atoms with E-state index in [4.69, 9.17) is 5.11 Å². The summed E-state index contributed by atoms with van der Waals surface area (Å²) in [5, 5.41) is 10.3. The minimum Gasteiger partial charge on any atom is -0.396 e. The number of aromatic nitrogens is 1. The lowest BCUT2D eigenvalue weighted by Gasteiger charge is -2.00. The van der Waals surface area contributed by atoms with Gasteiger partial charge >= 0.3 is 0 Å². The van der Waals surface area contributed by atoms with Gasteiger partial charge in [0.15, 0.2) is 0 Å². The van der Waals surface area contributed by atoms with E-state index in [1.807, 2.05) is 13.1 Å². The Morgan fingerprint density at radius 2 is 2.25 bits per heavy atom. The molecule has 0 saturated carbocycles. The van der Waals surface area contributed by atoms with Gasteiger partial charge in [0.2, 0.25) is 0 Å². The van der Waals surface area contributed by atoms with E-state index < -0.39 is 0 Å². The second kappa shape index (κ2) is 4.54. The molecule has 0 radical (unpaired) electrons. The number of rotatable bonds is 4. The molecular formula is C14H17NO. The third-order valence-corrected chi connectivity index (χ3v) is 2.90. The van der Waals surface area contributed by atoms with Crippen molar-refractivity contribution in [3.8, 4) is 0 Å². The molecule has 0 amide bonds. The molecular weight excluding hydrogens is 198 g/mol. The van der Waals surface area contributed by atoms with Crippen molar-refractivity contribution in [1.29, 1.82) is 0 Å². The van der Waals surface area contributed by atoms with Crippen LogP contribution in [0.1, 0.15) is 11.1 Å². The lowest BCUT2D eigenvalue weighted by Crippen LogP contribution is -1.89. The second-order valence-electron chi connectivity index (χ2n) is 4.08. The molecule has 84 valence electrons. The monoisotopic (exact) mass is 215 g/mol. The van der Waals surface area contributed by atoms with Crippen molar-refractivity contribution < 1.29 is 5.11 Å². The number of allylic oxidation sites excluding steroid dienone is 1. The average Bonchev–Trinajstić information content (AvgIpc) is 2.57. The lowest BCUT2D eigenvalue weighted by molar-refractivity contribution is 0.300. The fourth-order valence-corrected chi connectivity index (χ4v) is 2.13. The summed E-state index contributed by atoms with van der Waals surface area (Å²) >= 11 is 0. The van der Waals surface area contributed by atoms with Gasteiger partial charge in [-0.2, -0.15) is 0 Å². The molecule has 2 nitrogen and oxygen atoms in total. The van der Waals surface area contributed by atoms with Gasteiger partial charge in [0, 0.05) is 30.8 Å². The number of hydrogen-bond acceptors (Lipinski definition) is 1. The summed E-state index contributed by atoms with van der Waals surface area (Å²) in [6, 6.07) is 6.46. The fourth-order valence-electron chi connectivity index (χ4n) is 2.13. The normalized spacial score (nSPS) is 10.9. The number of aryl methyl sites for hydroxylation is 1. The predicted octanol–water partition coefficient (Wildman–Crippen LogP) is 2.44. The molecule has 1 N–H and O–H groups in total. The van der Waals surface area contributed by atoms with E-state index in [2.05, 4.69) is 35.5 Å². The Morgan fingerprint density at radius 1 is 1.44 bits per heavy atom. The van der Waals surface area contributed by atoms with E-state index in [9.17, 15) is 0 Å². The van der Waals surface area contributed by atoms with Gasteiger partial charge in [-0.05, 0) is 36.1 Å². The van der Waals surface area contributed by atoms with Gasteiger partial charge in [0.1, 0.15) is 0 Å². The molecule has 0 unspecified atom stereocenters. The molecule has 1 heterocycles. The van der Waals surface area contributed by atoms with Gasteiger partial charge in [0.25, 0.3) is 0 Å². The second-order valence-corrected chi connectivity index (χ2v) is 4.08. The van der Waals surface area contributed by atoms with Crippen molar-refractivity contribution in [2.24, 2.45) is 7.05 Å². The number of aliphatic hydroxyl groups excluding tert-OH is 1. The summed E-state index contributed by atoms with van der Waals surface area (Å²) in [6.45, 7) is 3.95. The van der Waals surface area contributed by atoms with Crippen molar-refractivity contribution in [1.82, 2.24) is 4.57 Å². The largest absolute Gasteiger partial charge is 0.396 e. The molecule has 0 fully saturated rings. The van der Waals surface area contributed by atoms with Crippen LogP contribution < -0.4 is 0 Å². The van der Waals surface area contributed by atoms with Crippen LogP contribution in [0.3, 0.4) is 0 Å². The van der Waals surface area contributed by atoms with E-state index in [-0.39, 0.29) is 6.61 Å². The molecule has 0 bridgehead atoms. The van der Waals surface area contributed by atoms with Gasteiger partial charge in [-0.3, -0.25) is 0 Å². The zero-order valence-corrected chi connectivity index (χ0v) is 9.61. The van der Waals surface area contributed by atoms with Gasteiger partial charge < -0.3 is 9.67 Å². The maximum Gasteiger partial charge on any atom is 0.0480 e. The number of nitrogens with zero attached hydrogens (tertiary/aromatic N) is 1. The third-order valence-electron chi connectivity index (χ3n) is 2.90. The number of benzene rings is 1. The molecule has 1 aromatic carbocycles. The first-order valence-corrected chi connectivity index (χ1v) is 5.55. The Hall–Kier alpha value is -1.54. The topological polar surface area (TPSA) is 25.2 Å². The van der Waals surface area contributed by atoms with Crippen molar-refractivity contribution in [3.63, 3.8) is 0 Å². The quantitative estimate of drug-likeness (QED) is 0.779. The zero-order chi connectivity index (χ0) is 11.5. The number of fused-ring (bicyclic) bond motifs is 1. The van der Waals surface area contributed by atoms with Crippen LogP contribution in [0.15, 0.2) is 37.1 Å². The Balaban J connectivity index is 2.55. The fraction of sp³-hybridized carbons (Fsp3) is 0.286. The van der Waals surface area contributed by atoms with Crippen molar-refractivity contribution in [2.45, 2.75) is 12.8 Å². The highest BCUT2D eigenvalue weighted by atomic mass is 16.2. The standard InChI is InChI=1S/C14H17NO/c1-3-4-11-5-6-14-13(9-11)12(7-8-16)10-15(14)2/h3,5-6,9-10,16H,1,4,7-8H2,2H3. The Morgan fingerprint density at radius 3 is 2.94 bits per heavy atom. The molecule has 0 spiro atoms. The third kappa shape index (κ3) is 1.89. The van der Waals surface area contributed by atoms with Crippen LogP contribution in [0.5, 0.6) is 0 Å². The molecule has 0 saturated heterocycles. The maximum absolute atomic E-state index is 9.04. The number of aliphatic hydroxyl groups is 1. The van der Waals surface area contributed by atoms with E-state index in [0.29, 0.717) is 0 Å². The van der Waals surface area contributed by atoms with Crippen LogP contribution >= 0.6 is 0 Å². The van der Waals surface area contributed by atoms with Crippen molar-refractivity contribution in [2.75, 3.05) is 6.61 Å². The van der Waals surface area contributed by atoms with Crippen LogP contribution in [0.2, 0.25) is 0 Å². The molecule has 0 aliphatic carbocycles. The Labute approximate surface area is 95.8 Å². The van der Waals surface area contributed by atoms with E-state index >= 15 is 0 Å². The van der Waals surface area contributed by atoms with Gasteiger partial charge in [-0.1, -0.05) is 12.1 Å². The first-order chi connectivity index (χ1) is 7.76. The summed E-state index contributed by atoms with van der Waals surface area (Å²) in [5.74, 6) is 0. The van der Waals surface area contributed by atoms with Gasteiger partial charge in [0.05, 0.1) is 0 Å². The molecule has 2 aromatic rings. The van der Waals surface area contributed by atoms with Crippen LogP contribution in [-0.2, 0) is 19.9 Å². The molecule has 1 aromatic heterocycles. The van der Waals surface area contributed by atoms with Gasteiger partial charge in [-0.15, -0.1) is 6.58 Å². The smallest absolute Gasteiger partial charge is 0.0480 e. The highest BCUT2D eigenvalue weighted by molar-refractivity contribution is 5.84. The summed E-state index contributed by atoms with van der Waals surface area (Å²) in [5.41, 5.74) is 3.70. The first-order valence-electron chi connectivity index (χ1n) is 5.55. The summed E-state index contributed by atoms with van der Waals surface area (Å²) in [7, 11) is 2.04. The van der Waals surface area contributed by atoms with Crippen molar-refractivity contribution in [3.05, 3.63) is 48.2 Å². The highest BCUT2D eigenvalue weighted by Gasteiger charge is 2.06. The Kier molecular flexibility index (Phi) is 3.11.